The molecule has 2 aromatic carbocycles. The minimum atomic E-state index is -0.386. The molecule has 202 valence electrons. The SMILES string of the molecule is CCOC(=O)c1ccc2c(c1)sc(=NC(=O)CSCC(=O)N1CCN(c3ccccc3)CC1)n2CCOC. The van der Waals surface area contributed by atoms with Gasteiger partial charge in [-0.3, -0.25) is 9.59 Å². The molecule has 2 amide bonds. The maximum absolute atomic E-state index is 12.7. The maximum atomic E-state index is 12.7. The van der Waals surface area contributed by atoms with Crippen LogP contribution in [0.15, 0.2) is 53.5 Å². The number of aromatic nitrogens is 1. The Hall–Kier alpha value is -3.15. The maximum Gasteiger partial charge on any atom is 0.338 e. The molecule has 0 atom stereocenters. The summed E-state index contributed by atoms with van der Waals surface area (Å²) < 4.78 is 13.1. The van der Waals surface area contributed by atoms with E-state index in [-0.39, 0.29) is 29.3 Å². The minimum Gasteiger partial charge on any atom is -0.462 e. The molecule has 0 aliphatic carbocycles. The zero-order valence-electron chi connectivity index (χ0n) is 21.6. The number of rotatable bonds is 10. The molecule has 3 aromatic rings. The number of methoxy groups -OCH3 is 1. The van der Waals surface area contributed by atoms with Crippen LogP contribution in [0.25, 0.3) is 10.2 Å². The predicted molar refractivity (Wildman–Crippen MR) is 151 cm³/mol. The lowest BCUT2D eigenvalue weighted by atomic mass is 10.2. The number of thioether (sulfide) groups is 1. The molecule has 2 heterocycles. The van der Waals surface area contributed by atoms with E-state index in [1.807, 2.05) is 33.7 Å². The number of hydrogen-bond acceptors (Lipinski definition) is 8. The number of benzene rings is 2. The second-order valence-electron chi connectivity index (χ2n) is 8.63. The zero-order valence-corrected chi connectivity index (χ0v) is 23.3. The van der Waals surface area contributed by atoms with Crippen molar-refractivity contribution in [2.45, 2.75) is 13.5 Å². The number of thiazole rings is 1. The lowest BCUT2D eigenvalue weighted by Crippen LogP contribution is -2.49. The van der Waals surface area contributed by atoms with Gasteiger partial charge in [0, 0.05) is 45.5 Å². The smallest absolute Gasteiger partial charge is 0.338 e. The molecule has 0 radical (unpaired) electrons. The van der Waals surface area contributed by atoms with Gasteiger partial charge in [0.15, 0.2) is 4.80 Å². The van der Waals surface area contributed by atoms with E-state index in [2.05, 4.69) is 22.0 Å². The summed E-state index contributed by atoms with van der Waals surface area (Å²) in [6.07, 6.45) is 0. The number of carbonyl (C=O) groups is 3. The zero-order chi connectivity index (χ0) is 26.9. The Bertz CT molecular complexity index is 1330. The van der Waals surface area contributed by atoms with E-state index in [0.717, 1.165) is 23.3 Å². The van der Waals surface area contributed by atoms with Crippen molar-refractivity contribution in [2.75, 3.05) is 62.9 Å². The molecule has 1 aliphatic heterocycles. The number of hydrogen-bond donors (Lipinski definition) is 0. The summed E-state index contributed by atoms with van der Waals surface area (Å²) in [5.41, 5.74) is 2.49. The Morgan fingerprint density at radius 2 is 1.79 bits per heavy atom. The molecule has 0 unspecified atom stereocenters. The van der Waals surface area contributed by atoms with E-state index < -0.39 is 0 Å². The van der Waals surface area contributed by atoms with E-state index >= 15 is 0 Å². The number of nitrogens with zero attached hydrogens (tertiary/aromatic N) is 4. The molecular weight excluding hydrogens is 524 g/mol. The number of piperazine rings is 1. The molecule has 0 spiro atoms. The Morgan fingerprint density at radius 3 is 2.50 bits per heavy atom. The fourth-order valence-corrected chi connectivity index (χ4v) is 6.02. The number of anilines is 1. The Morgan fingerprint density at radius 1 is 1.03 bits per heavy atom. The van der Waals surface area contributed by atoms with E-state index in [1.165, 1.54) is 28.8 Å². The van der Waals surface area contributed by atoms with Crippen LogP contribution in [0.3, 0.4) is 0 Å². The number of carbonyl (C=O) groups excluding carboxylic acids is 3. The quantitative estimate of drug-likeness (QED) is 0.355. The number of esters is 1. The fraction of sp³-hybridized carbons (Fsp3) is 0.407. The van der Waals surface area contributed by atoms with Crippen molar-refractivity contribution in [3.63, 3.8) is 0 Å². The molecule has 9 nitrogen and oxygen atoms in total. The highest BCUT2D eigenvalue weighted by Gasteiger charge is 2.21. The number of ether oxygens (including phenoxy) is 2. The average molecular weight is 557 g/mol. The van der Waals surface area contributed by atoms with Crippen molar-refractivity contribution in [1.29, 1.82) is 0 Å². The number of amides is 2. The van der Waals surface area contributed by atoms with Gasteiger partial charge in [0.2, 0.25) is 5.91 Å². The molecule has 0 bridgehead atoms. The van der Waals surface area contributed by atoms with Crippen LogP contribution in [-0.4, -0.2) is 85.3 Å². The van der Waals surface area contributed by atoms with Gasteiger partial charge in [-0.1, -0.05) is 29.5 Å². The third kappa shape index (κ3) is 7.03. The van der Waals surface area contributed by atoms with Gasteiger partial charge in [0.1, 0.15) is 0 Å². The number of fused-ring (bicyclic) bond motifs is 1. The summed E-state index contributed by atoms with van der Waals surface area (Å²) in [6, 6.07) is 15.5. The second-order valence-corrected chi connectivity index (χ2v) is 10.6. The molecule has 0 saturated carbocycles. The molecule has 4 rings (SSSR count). The molecule has 1 saturated heterocycles. The summed E-state index contributed by atoms with van der Waals surface area (Å²) in [5, 5.41) is 0. The first-order valence-electron chi connectivity index (χ1n) is 12.5. The Kier molecular flexibility index (Phi) is 9.97. The fourth-order valence-electron chi connectivity index (χ4n) is 4.21. The molecular formula is C27H32N4O5S2. The Labute approximate surface area is 230 Å². The molecule has 38 heavy (non-hydrogen) atoms. The lowest BCUT2D eigenvalue weighted by molar-refractivity contribution is -0.128. The van der Waals surface area contributed by atoms with Crippen LogP contribution in [0, 0.1) is 0 Å². The standard InChI is InChI=1S/C27H32N4O5S2/c1-3-36-26(34)20-9-10-22-23(17-20)38-27(31(22)15-16-35-2)28-24(32)18-37-19-25(33)30-13-11-29(12-14-30)21-7-5-4-6-8-21/h4-10,17H,3,11-16,18-19H2,1-2H3. The monoisotopic (exact) mass is 556 g/mol. The van der Waals surface area contributed by atoms with Crippen LogP contribution in [0.5, 0.6) is 0 Å². The van der Waals surface area contributed by atoms with Gasteiger partial charge in [-0.15, -0.1) is 11.8 Å². The van der Waals surface area contributed by atoms with Crippen LogP contribution >= 0.6 is 23.1 Å². The van der Waals surface area contributed by atoms with Crippen molar-refractivity contribution in [2.24, 2.45) is 4.99 Å². The van der Waals surface area contributed by atoms with Gasteiger partial charge in [-0.25, -0.2) is 4.79 Å². The summed E-state index contributed by atoms with van der Waals surface area (Å²) in [4.78, 5) is 46.5. The van der Waals surface area contributed by atoms with Crippen molar-refractivity contribution >= 4 is 56.8 Å². The first-order chi connectivity index (χ1) is 18.5. The van der Waals surface area contributed by atoms with Crippen LogP contribution in [0.4, 0.5) is 5.69 Å². The van der Waals surface area contributed by atoms with Crippen molar-refractivity contribution in [3.8, 4) is 0 Å². The van der Waals surface area contributed by atoms with Crippen molar-refractivity contribution in [1.82, 2.24) is 9.47 Å². The minimum absolute atomic E-state index is 0.0408. The van der Waals surface area contributed by atoms with Gasteiger partial charge < -0.3 is 23.8 Å². The lowest BCUT2D eigenvalue weighted by Gasteiger charge is -2.36. The van der Waals surface area contributed by atoms with E-state index in [4.69, 9.17) is 9.47 Å². The van der Waals surface area contributed by atoms with E-state index in [1.54, 1.807) is 26.2 Å². The summed E-state index contributed by atoms with van der Waals surface area (Å²) in [7, 11) is 1.62. The van der Waals surface area contributed by atoms with Crippen LogP contribution < -0.4 is 9.70 Å². The van der Waals surface area contributed by atoms with Crippen LogP contribution in [0.2, 0.25) is 0 Å². The largest absolute Gasteiger partial charge is 0.462 e. The highest BCUT2D eigenvalue weighted by Crippen LogP contribution is 2.20. The summed E-state index contributed by atoms with van der Waals surface area (Å²) >= 11 is 2.62. The van der Waals surface area contributed by atoms with E-state index in [9.17, 15) is 14.4 Å². The third-order valence-electron chi connectivity index (χ3n) is 6.14. The molecule has 1 fully saturated rings. The summed E-state index contributed by atoms with van der Waals surface area (Å²) in [5.74, 6) is -0.295. The van der Waals surface area contributed by atoms with Crippen molar-refractivity contribution in [3.05, 3.63) is 58.9 Å². The van der Waals surface area contributed by atoms with Gasteiger partial charge in [-0.05, 0) is 37.3 Å². The molecule has 11 heteroatoms. The van der Waals surface area contributed by atoms with Crippen LogP contribution in [0.1, 0.15) is 17.3 Å². The first kappa shape index (κ1) is 27.9. The van der Waals surface area contributed by atoms with E-state index in [0.29, 0.717) is 43.2 Å². The highest BCUT2D eigenvalue weighted by atomic mass is 32.2. The molecule has 0 N–H and O–H groups in total. The predicted octanol–water partition coefficient (Wildman–Crippen LogP) is 3.04. The third-order valence-corrected chi connectivity index (χ3v) is 8.08. The van der Waals surface area contributed by atoms with Gasteiger partial charge in [0.05, 0.1) is 40.5 Å². The van der Waals surface area contributed by atoms with Gasteiger partial charge >= 0.3 is 5.97 Å². The van der Waals surface area contributed by atoms with Gasteiger partial charge in [0.25, 0.3) is 5.91 Å². The van der Waals surface area contributed by atoms with Crippen LogP contribution in [-0.2, 0) is 25.6 Å². The second kappa shape index (κ2) is 13.6. The highest BCUT2D eigenvalue weighted by molar-refractivity contribution is 8.00. The topological polar surface area (TPSA) is 93.4 Å². The summed E-state index contributed by atoms with van der Waals surface area (Å²) in [6.45, 7) is 5.95. The van der Waals surface area contributed by atoms with Crippen molar-refractivity contribution < 1.29 is 23.9 Å². The molecule has 1 aromatic heterocycles. The average Bonchev–Trinajstić information content (AvgIpc) is 3.28. The first-order valence-corrected chi connectivity index (χ1v) is 14.5. The van der Waals surface area contributed by atoms with Gasteiger partial charge in [-0.2, -0.15) is 4.99 Å². The number of para-hydroxylation sites is 1. The Balaban J connectivity index is 1.35. The molecule has 1 aliphatic rings. The normalized spacial score (nSPS) is 14.2.